The molecule has 1 atom stereocenters. The largest absolute Gasteiger partial charge is 0.433 e. The van der Waals surface area contributed by atoms with Gasteiger partial charge in [-0.3, -0.25) is 0 Å². The molecular formula is C9H11F3N2O. The van der Waals surface area contributed by atoms with Gasteiger partial charge in [0.1, 0.15) is 5.82 Å². The van der Waals surface area contributed by atoms with E-state index in [1.54, 1.807) is 12.1 Å². The molecule has 1 N–H and O–H groups in total. The Morgan fingerprint density at radius 1 is 1.47 bits per heavy atom. The van der Waals surface area contributed by atoms with Crippen molar-refractivity contribution >= 4 is 5.82 Å². The summed E-state index contributed by atoms with van der Waals surface area (Å²) in [6.07, 6.45) is -5.06. The number of aromatic nitrogens is 1. The first-order valence-corrected chi connectivity index (χ1v) is 4.40. The van der Waals surface area contributed by atoms with Crippen molar-refractivity contribution in [3.63, 3.8) is 0 Å². The highest BCUT2D eigenvalue weighted by molar-refractivity contribution is 5.34. The third-order valence-corrected chi connectivity index (χ3v) is 1.57. The fourth-order valence-corrected chi connectivity index (χ4v) is 0.967. The number of halogens is 3. The lowest BCUT2D eigenvalue weighted by molar-refractivity contribution is -0.209. The minimum Gasteiger partial charge on any atom is -0.350 e. The van der Waals surface area contributed by atoms with Crippen LogP contribution in [0.3, 0.4) is 0 Å². The number of hydrogen-bond donors (Lipinski definition) is 1. The zero-order chi connectivity index (χ0) is 11.3. The number of nitrogens with one attached hydrogen (secondary N) is 1. The van der Waals surface area contributed by atoms with Gasteiger partial charge in [0.25, 0.3) is 0 Å². The highest BCUT2D eigenvalue weighted by atomic mass is 19.4. The summed E-state index contributed by atoms with van der Waals surface area (Å²) in [5.74, 6) is 0.133. The van der Waals surface area contributed by atoms with Crippen molar-refractivity contribution in [3.8, 4) is 0 Å². The van der Waals surface area contributed by atoms with E-state index in [4.69, 9.17) is 0 Å². The molecule has 1 aromatic rings. The van der Waals surface area contributed by atoms with Crippen molar-refractivity contribution in [1.29, 1.82) is 0 Å². The van der Waals surface area contributed by atoms with Crippen LogP contribution in [-0.4, -0.2) is 24.0 Å². The first-order valence-electron chi connectivity index (χ1n) is 4.40. The first kappa shape index (κ1) is 11.8. The van der Waals surface area contributed by atoms with Gasteiger partial charge in [0.05, 0.1) is 0 Å². The van der Waals surface area contributed by atoms with E-state index < -0.39 is 12.4 Å². The lowest BCUT2D eigenvalue weighted by Crippen LogP contribution is -2.38. The van der Waals surface area contributed by atoms with Gasteiger partial charge in [-0.05, 0) is 19.1 Å². The third-order valence-electron chi connectivity index (χ3n) is 1.57. The molecule has 0 aliphatic carbocycles. The molecule has 1 rings (SSSR count). The van der Waals surface area contributed by atoms with Crippen LogP contribution in [0.1, 0.15) is 6.92 Å². The number of anilines is 1. The second-order valence-electron chi connectivity index (χ2n) is 2.74. The Labute approximate surface area is 85.3 Å². The number of hydrogen-bond acceptors (Lipinski definition) is 3. The van der Waals surface area contributed by atoms with Crippen LogP contribution >= 0.6 is 0 Å². The average Bonchev–Trinajstić information content (AvgIpc) is 2.17. The molecule has 0 bridgehead atoms. The molecule has 1 heterocycles. The zero-order valence-electron chi connectivity index (χ0n) is 8.08. The van der Waals surface area contributed by atoms with Crippen LogP contribution in [0, 0.1) is 0 Å². The van der Waals surface area contributed by atoms with E-state index in [9.17, 15) is 13.2 Å². The smallest absolute Gasteiger partial charge is 0.350 e. The third kappa shape index (κ3) is 3.75. The predicted octanol–water partition coefficient (Wildman–Crippen LogP) is 2.42. The predicted molar refractivity (Wildman–Crippen MR) is 49.3 cm³/mol. The monoisotopic (exact) mass is 220 g/mol. The van der Waals surface area contributed by atoms with Gasteiger partial charge >= 0.3 is 6.18 Å². The fourth-order valence-electron chi connectivity index (χ4n) is 0.967. The molecule has 1 aromatic heterocycles. The summed E-state index contributed by atoms with van der Waals surface area (Å²) in [7, 11) is 0. The van der Waals surface area contributed by atoms with Crippen LogP contribution in [0.5, 0.6) is 0 Å². The van der Waals surface area contributed by atoms with Gasteiger partial charge in [0.15, 0.2) is 0 Å². The van der Waals surface area contributed by atoms with Crippen LogP contribution in [0.25, 0.3) is 0 Å². The Bertz CT molecular complexity index is 289. The molecular weight excluding hydrogens is 209 g/mol. The minimum atomic E-state index is -4.45. The van der Waals surface area contributed by atoms with E-state index in [2.05, 4.69) is 15.0 Å². The van der Waals surface area contributed by atoms with E-state index in [0.717, 1.165) is 0 Å². The molecule has 1 unspecified atom stereocenters. The van der Waals surface area contributed by atoms with Crippen LogP contribution in [0.4, 0.5) is 19.0 Å². The van der Waals surface area contributed by atoms with Gasteiger partial charge in [-0.15, -0.1) is 0 Å². The van der Waals surface area contributed by atoms with E-state index >= 15 is 0 Å². The van der Waals surface area contributed by atoms with E-state index in [-0.39, 0.29) is 12.4 Å². The normalized spacial score (nSPS) is 13.6. The number of pyridine rings is 1. The molecule has 0 saturated heterocycles. The molecule has 0 saturated carbocycles. The molecule has 3 nitrogen and oxygen atoms in total. The topological polar surface area (TPSA) is 34.1 Å². The van der Waals surface area contributed by atoms with Gasteiger partial charge in [-0.2, -0.15) is 13.2 Å². The second-order valence-corrected chi connectivity index (χ2v) is 2.74. The summed E-state index contributed by atoms with van der Waals surface area (Å²) in [6, 6.07) is 4.65. The Morgan fingerprint density at radius 2 is 2.20 bits per heavy atom. The summed E-state index contributed by atoms with van der Waals surface area (Å²) < 4.78 is 41.7. The van der Waals surface area contributed by atoms with Gasteiger partial charge < -0.3 is 10.1 Å². The summed E-state index contributed by atoms with van der Waals surface area (Å²) in [5, 5.41) is 2.16. The Morgan fingerprint density at radius 3 is 2.67 bits per heavy atom. The van der Waals surface area contributed by atoms with Gasteiger partial charge in [0, 0.05) is 12.8 Å². The minimum absolute atomic E-state index is 0.0238. The zero-order valence-corrected chi connectivity index (χ0v) is 8.08. The Balaban J connectivity index is 2.67. The van der Waals surface area contributed by atoms with Crippen molar-refractivity contribution in [1.82, 2.24) is 4.98 Å². The molecule has 6 heteroatoms. The molecule has 0 aliphatic heterocycles. The number of nitrogens with zero attached hydrogens (tertiary/aromatic N) is 1. The molecule has 0 aromatic carbocycles. The van der Waals surface area contributed by atoms with Crippen LogP contribution in [-0.2, 0) is 4.74 Å². The van der Waals surface area contributed by atoms with Crippen LogP contribution in [0.2, 0.25) is 0 Å². The Kier molecular flexibility index (Phi) is 3.90. The molecule has 15 heavy (non-hydrogen) atoms. The van der Waals surface area contributed by atoms with Crippen molar-refractivity contribution in [2.75, 3.05) is 11.9 Å². The highest BCUT2D eigenvalue weighted by Crippen LogP contribution is 2.23. The summed E-state index contributed by atoms with van der Waals surface area (Å²) >= 11 is 0. The maximum atomic E-state index is 12.4. The van der Waals surface area contributed by atoms with Crippen LogP contribution < -0.4 is 5.32 Å². The van der Waals surface area contributed by atoms with Crippen molar-refractivity contribution in [2.45, 2.75) is 19.3 Å². The fraction of sp³-hybridized carbons (Fsp3) is 0.444. The summed E-state index contributed by atoms with van der Waals surface area (Å²) in [6.45, 7) is 1.48. The van der Waals surface area contributed by atoms with E-state index in [1.165, 1.54) is 19.2 Å². The Hall–Kier alpha value is -1.30. The number of rotatable bonds is 4. The van der Waals surface area contributed by atoms with Crippen molar-refractivity contribution in [3.05, 3.63) is 24.4 Å². The quantitative estimate of drug-likeness (QED) is 0.791. The van der Waals surface area contributed by atoms with E-state index in [0.29, 0.717) is 0 Å². The molecule has 84 valence electrons. The summed E-state index contributed by atoms with van der Waals surface area (Å²) in [5.41, 5.74) is 0. The highest BCUT2D eigenvalue weighted by Gasteiger charge is 2.40. The molecule has 0 amide bonds. The molecule has 0 radical (unpaired) electrons. The summed E-state index contributed by atoms with van der Waals surface area (Å²) in [4.78, 5) is 3.72. The maximum Gasteiger partial charge on any atom is 0.433 e. The average molecular weight is 220 g/mol. The molecule has 0 spiro atoms. The number of ether oxygens (including phenoxy) is 1. The second kappa shape index (κ2) is 4.97. The van der Waals surface area contributed by atoms with Crippen LogP contribution in [0.15, 0.2) is 24.4 Å². The maximum absolute atomic E-state index is 12.4. The van der Waals surface area contributed by atoms with Crippen molar-refractivity contribution < 1.29 is 17.9 Å². The molecule has 0 aliphatic rings. The van der Waals surface area contributed by atoms with Gasteiger partial charge in [0.2, 0.25) is 6.23 Å². The van der Waals surface area contributed by atoms with Gasteiger partial charge in [-0.1, -0.05) is 6.07 Å². The SMILES string of the molecule is CCOC(Nc1ccccn1)C(F)(F)F. The molecule has 0 fully saturated rings. The van der Waals surface area contributed by atoms with Crippen molar-refractivity contribution in [2.24, 2.45) is 0 Å². The lowest BCUT2D eigenvalue weighted by Gasteiger charge is -2.21. The first-order chi connectivity index (χ1) is 7.04. The number of alkyl halides is 3. The standard InChI is InChI=1S/C9H11F3N2O/c1-2-15-8(9(10,11)12)14-7-5-3-4-6-13-7/h3-6,8H,2H2,1H3,(H,13,14). The van der Waals surface area contributed by atoms with E-state index in [1.807, 2.05) is 0 Å². The lowest BCUT2D eigenvalue weighted by atomic mass is 10.4. The van der Waals surface area contributed by atoms with Gasteiger partial charge in [-0.25, -0.2) is 4.98 Å².